The van der Waals surface area contributed by atoms with E-state index < -0.39 is 0 Å². The molecule has 0 spiro atoms. The van der Waals surface area contributed by atoms with Gasteiger partial charge >= 0.3 is 0 Å². The van der Waals surface area contributed by atoms with Gasteiger partial charge in [-0.3, -0.25) is 0 Å². The van der Waals surface area contributed by atoms with E-state index in [0.717, 1.165) is 12.8 Å². The van der Waals surface area contributed by atoms with Gasteiger partial charge in [0.1, 0.15) is 0 Å². The molecule has 17 heavy (non-hydrogen) atoms. The molecule has 2 rings (SSSR count). The second-order valence-electron chi connectivity index (χ2n) is 4.31. The summed E-state index contributed by atoms with van der Waals surface area (Å²) in [5.41, 5.74) is 8.65. The van der Waals surface area contributed by atoms with E-state index in [9.17, 15) is 0 Å². The van der Waals surface area contributed by atoms with Crippen LogP contribution in [0, 0.1) is 0 Å². The Morgan fingerprint density at radius 2 is 1.94 bits per heavy atom. The zero-order chi connectivity index (χ0) is 12.1. The summed E-state index contributed by atoms with van der Waals surface area (Å²) in [6.45, 7) is 2.89. The molecule has 1 nitrogen and oxygen atoms in total. The lowest BCUT2D eigenvalue weighted by atomic mass is 9.94. The van der Waals surface area contributed by atoms with Crippen molar-refractivity contribution in [1.82, 2.24) is 0 Å². The fraction of sp³-hybridized carbons (Fsp3) is 0.333. The minimum atomic E-state index is 0.444. The summed E-state index contributed by atoms with van der Waals surface area (Å²) in [5.74, 6) is 0.444. The molecule has 0 aliphatic carbocycles. The van der Waals surface area contributed by atoms with Crippen LogP contribution in [0.25, 0.3) is 0 Å². The lowest BCUT2D eigenvalue weighted by molar-refractivity contribution is 0.701. The van der Waals surface area contributed by atoms with Crippen LogP contribution in [-0.2, 0) is 12.8 Å². The predicted octanol–water partition coefficient (Wildman–Crippen LogP) is 3.60. The summed E-state index contributed by atoms with van der Waals surface area (Å²) in [6.07, 6.45) is 2.15. The molecule has 0 radical (unpaired) electrons. The first-order valence-electron chi connectivity index (χ1n) is 6.14. The summed E-state index contributed by atoms with van der Waals surface area (Å²) in [7, 11) is 0. The first-order chi connectivity index (χ1) is 8.33. The quantitative estimate of drug-likeness (QED) is 0.856. The van der Waals surface area contributed by atoms with Crippen LogP contribution in [0.1, 0.15) is 28.8 Å². The molecule has 0 aliphatic heterocycles. The van der Waals surface area contributed by atoms with Crippen LogP contribution in [-0.4, -0.2) is 6.54 Å². The van der Waals surface area contributed by atoms with E-state index in [-0.39, 0.29) is 0 Å². The maximum absolute atomic E-state index is 5.90. The number of hydrogen-bond acceptors (Lipinski definition) is 2. The van der Waals surface area contributed by atoms with Gasteiger partial charge in [-0.15, -0.1) is 11.3 Å². The Morgan fingerprint density at radius 3 is 2.47 bits per heavy atom. The van der Waals surface area contributed by atoms with Crippen molar-refractivity contribution in [3.8, 4) is 0 Å². The van der Waals surface area contributed by atoms with Crippen molar-refractivity contribution in [2.75, 3.05) is 6.54 Å². The summed E-state index contributed by atoms with van der Waals surface area (Å²) < 4.78 is 0. The molecule has 0 aliphatic rings. The normalized spacial score (nSPS) is 12.6. The number of thiophene rings is 1. The summed E-state index contributed by atoms with van der Waals surface area (Å²) in [5, 5.41) is 2.13. The molecule has 2 N–H and O–H groups in total. The first kappa shape index (κ1) is 12.3. The van der Waals surface area contributed by atoms with Gasteiger partial charge in [-0.2, -0.15) is 0 Å². The van der Waals surface area contributed by atoms with Crippen molar-refractivity contribution in [3.63, 3.8) is 0 Å². The molecule has 0 saturated heterocycles. The maximum Gasteiger partial charge on any atom is 0.00517 e. The van der Waals surface area contributed by atoms with Crippen LogP contribution in [0.3, 0.4) is 0 Å². The minimum Gasteiger partial charge on any atom is -0.330 e. The topological polar surface area (TPSA) is 26.0 Å². The average Bonchev–Trinajstić information content (AvgIpc) is 2.89. The zero-order valence-electron chi connectivity index (χ0n) is 10.2. The molecule has 0 fully saturated rings. The molecule has 2 aromatic rings. The van der Waals surface area contributed by atoms with Gasteiger partial charge in [0.2, 0.25) is 0 Å². The van der Waals surface area contributed by atoms with Crippen LogP contribution in [0.2, 0.25) is 0 Å². The van der Waals surface area contributed by atoms with Gasteiger partial charge in [-0.05, 0) is 42.0 Å². The van der Waals surface area contributed by atoms with E-state index in [1.54, 1.807) is 0 Å². The predicted molar refractivity (Wildman–Crippen MR) is 75.6 cm³/mol. The molecule has 1 atom stereocenters. The molecule has 0 saturated carbocycles. The Labute approximate surface area is 107 Å². The van der Waals surface area contributed by atoms with Gasteiger partial charge in [0.25, 0.3) is 0 Å². The number of hydrogen-bond donors (Lipinski definition) is 1. The number of aryl methyl sites for hydroxylation is 1. The first-order valence-corrected chi connectivity index (χ1v) is 7.02. The number of benzene rings is 1. The van der Waals surface area contributed by atoms with Gasteiger partial charge < -0.3 is 5.73 Å². The Balaban J connectivity index is 2.11. The number of rotatable bonds is 5. The monoisotopic (exact) mass is 245 g/mol. The van der Waals surface area contributed by atoms with Crippen LogP contribution in [0.4, 0.5) is 0 Å². The van der Waals surface area contributed by atoms with Gasteiger partial charge in [0, 0.05) is 10.8 Å². The number of nitrogens with two attached hydrogens (primary N) is 1. The highest BCUT2D eigenvalue weighted by atomic mass is 32.1. The van der Waals surface area contributed by atoms with Crippen LogP contribution >= 0.6 is 11.3 Å². The lowest BCUT2D eigenvalue weighted by Gasteiger charge is -2.14. The van der Waals surface area contributed by atoms with E-state index in [4.69, 9.17) is 5.73 Å². The molecule has 1 unspecified atom stereocenters. The molecule has 0 bridgehead atoms. The summed E-state index contributed by atoms with van der Waals surface area (Å²) in [4.78, 5) is 1.42. The second-order valence-corrected chi connectivity index (χ2v) is 5.34. The van der Waals surface area contributed by atoms with E-state index in [0.29, 0.717) is 12.5 Å². The fourth-order valence-electron chi connectivity index (χ4n) is 2.03. The standard InChI is InChI=1S/C15H19NS/c1-2-12-5-7-13(8-6-12)14(11-16)10-15-4-3-9-17-15/h3-9,14H,2,10-11,16H2,1H3. The Morgan fingerprint density at radius 1 is 1.18 bits per heavy atom. The largest absolute Gasteiger partial charge is 0.330 e. The van der Waals surface area contributed by atoms with Crippen molar-refractivity contribution in [2.24, 2.45) is 5.73 Å². The maximum atomic E-state index is 5.90. The highest BCUT2D eigenvalue weighted by Gasteiger charge is 2.11. The van der Waals surface area contributed by atoms with Crippen LogP contribution in [0.15, 0.2) is 41.8 Å². The van der Waals surface area contributed by atoms with E-state index >= 15 is 0 Å². The molecule has 2 heteroatoms. The molecular weight excluding hydrogens is 226 g/mol. The van der Waals surface area contributed by atoms with Gasteiger partial charge in [-0.1, -0.05) is 37.3 Å². The third-order valence-electron chi connectivity index (χ3n) is 3.17. The van der Waals surface area contributed by atoms with Crippen molar-refractivity contribution < 1.29 is 0 Å². The molecular formula is C15H19NS. The Kier molecular flexibility index (Phi) is 4.35. The molecule has 1 aromatic heterocycles. The SMILES string of the molecule is CCc1ccc(C(CN)Cc2cccs2)cc1. The van der Waals surface area contributed by atoms with Gasteiger partial charge in [0.15, 0.2) is 0 Å². The fourth-order valence-corrected chi connectivity index (χ4v) is 2.82. The highest BCUT2D eigenvalue weighted by Crippen LogP contribution is 2.23. The molecule has 1 heterocycles. The van der Waals surface area contributed by atoms with Gasteiger partial charge in [0.05, 0.1) is 0 Å². The van der Waals surface area contributed by atoms with E-state index in [1.807, 2.05) is 11.3 Å². The van der Waals surface area contributed by atoms with Crippen molar-refractivity contribution >= 4 is 11.3 Å². The highest BCUT2D eigenvalue weighted by molar-refractivity contribution is 7.09. The van der Waals surface area contributed by atoms with E-state index in [1.165, 1.54) is 16.0 Å². The summed E-state index contributed by atoms with van der Waals surface area (Å²) >= 11 is 1.81. The Bertz CT molecular complexity index is 430. The van der Waals surface area contributed by atoms with E-state index in [2.05, 4.69) is 48.7 Å². The van der Waals surface area contributed by atoms with Crippen molar-refractivity contribution in [3.05, 3.63) is 57.8 Å². The molecule has 0 amide bonds. The molecule has 90 valence electrons. The summed E-state index contributed by atoms with van der Waals surface area (Å²) in [6, 6.07) is 13.2. The Hall–Kier alpha value is -1.12. The second kappa shape index (κ2) is 5.99. The average molecular weight is 245 g/mol. The van der Waals surface area contributed by atoms with Gasteiger partial charge in [-0.25, -0.2) is 0 Å². The third-order valence-corrected chi connectivity index (χ3v) is 4.07. The van der Waals surface area contributed by atoms with Crippen molar-refractivity contribution in [2.45, 2.75) is 25.7 Å². The lowest BCUT2D eigenvalue weighted by Crippen LogP contribution is -2.14. The minimum absolute atomic E-state index is 0.444. The van der Waals surface area contributed by atoms with Crippen LogP contribution < -0.4 is 5.73 Å². The third kappa shape index (κ3) is 3.18. The smallest absolute Gasteiger partial charge is 0.00517 e. The van der Waals surface area contributed by atoms with Crippen LogP contribution in [0.5, 0.6) is 0 Å². The van der Waals surface area contributed by atoms with Crippen molar-refractivity contribution in [1.29, 1.82) is 0 Å². The molecule has 1 aromatic carbocycles. The zero-order valence-corrected chi connectivity index (χ0v) is 11.0.